The highest BCUT2D eigenvalue weighted by molar-refractivity contribution is 5.97. The molecular formula is C21H14F3N3O2. The molecule has 8 heteroatoms. The molecule has 0 aliphatic carbocycles. The maximum Gasteiger partial charge on any atom is 0.417 e. The molecule has 5 nitrogen and oxygen atoms in total. The molecule has 3 aromatic heterocycles. The zero-order chi connectivity index (χ0) is 20.6. The minimum Gasteiger partial charge on any atom is -0.465 e. The van der Waals surface area contributed by atoms with E-state index < -0.39 is 23.3 Å². The van der Waals surface area contributed by atoms with E-state index in [2.05, 4.69) is 14.7 Å². The zero-order valence-corrected chi connectivity index (χ0v) is 15.1. The molecule has 1 aromatic carbocycles. The van der Waals surface area contributed by atoms with Gasteiger partial charge in [-0.3, -0.25) is 9.55 Å². The number of rotatable bonds is 3. The van der Waals surface area contributed by atoms with E-state index in [0.717, 1.165) is 24.2 Å². The Balaban J connectivity index is 1.90. The molecule has 0 aliphatic rings. The second kappa shape index (κ2) is 7.05. The zero-order valence-electron chi connectivity index (χ0n) is 15.1. The highest BCUT2D eigenvalue weighted by Gasteiger charge is 2.35. The Morgan fingerprint density at radius 1 is 1.10 bits per heavy atom. The number of methoxy groups -OCH3 is 1. The van der Waals surface area contributed by atoms with Gasteiger partial charge in [0.2, 0.25) is 0 Å². The van der Waals surface area contributed by atoms with Crippen LogP contribution in [0.5, 0.6) is 0 Å². The van der Waals surface area contributed by atoms with Crippen molar-refractivity contribution in [2.45, 2.75) is 6.18 Å². The Hall–Kier alpha value is -3.68. The van der Waals surface area contributed by atoms with E-state index in [1.165, 1.54) is 12.1 Å². The average molecular weight is 397 g/mol. The first kappa shape index (κ1) is 18.7. The van der Waals surface area contributed by atoms with Gasteiger partial charge >= 0.3 is 12.1 Å². The second-order valence-electron chi connectivity index (χ2n) is 6.24. The molecule has 0 saturated heterocycles. The molecule has 4 rings (SSSR count). The van der Waals surface area contributed by atoms with Crippen LogP contribution in [0.4, 0.5) is 13.2 Å². The van der Waals surface area contributed by atoms with E-state index in [1.54, 1.807) is 30.7 Å². The number of fused-ring (bicyclic) bond motifs is 1. The maximum atomic E-state index is 13.3. The third kappa shape index (κ3) is 3.33. The lowest BCUT2D eigenvalue weighted by molar-refractivity contribution is -0.138. The van der Waals surface area contributed by atoms with Gasteiger partial charge in [-0.25, -0.2) is 9.78 Å². The van der Waals surface area contributed by atoms with Crippen molar-refractivity contribution in [3.8, 4) is 16.8 Å². The minimum absolute atomic E-state index is 0.453. The Morgan fingerprint density at radius 3 is 2.62 bits per heavy atom. The number of pyridine rings is 2. The van der Waals surface area contributed by atoms with Crippen molar-refractivity contribution in [2.75, 3.05) is 7.11 Å². The lowest BCUT2D eigenvalue weighted by atomic mass is 9.97. The van der Waals surface area contributed by atoms with Gasteiger partial charge in [0.05, 0.1) is 30.1 Å². The smallest absolute Gasteiger partial charge is 0.417 e. The van der Waals surface area contributed by atoms with Crippen LogP contribution in [0.1, 0.15) is 15.9 Å². The number of carbonyl (C=O) groups excluding carboxylic acids is 1. The molecule has 4 aromatic rings. The maximum absolute atomic E-state index is 13.3. The van der Waals surface area contributed by atoms with Crippen LogP contribution < -0.4 is 0 Å². The van der Waals surface area contributed by atoms with Crippen LogP contribution >= 0.6 is 0 Å². The number of aromatic nitrogens is 3. The summed E-state index contributed by atoms with van der Waals surface area (Å²) in [6.45, 7) is 0. The number of halogens is 3. The molecule has 0 spiro atoms. The quantitative estimate of drug-likeness (QED) is 0.462. The van der Waals surface area contributed by atoms with E-state index in [1.807, 2.05) is 22.9 Å². The highest BCUT2D eigenvalue weighted by atomic mass is 19.4. The number of carbonyl (C=O) groups is 1. The van der Waals surface area contributed by atoms with Gasteiger partial charge < -0.3 is 4.74 Å². The summed E-state index contributed by atoms with van der Waals surface area (Å²) in [4.78, 5) is 20.5. The Kier molecular flexibility index (Phi) is 4.54. The van der Waals surface area contributed by atoms with Crippen molar-refractivity contribution in [1.29, 1.82) is 0 Å². The van der Waals surface area contributed by atoms with Crippen LogP contribution in [0, 0.1) is 0 Å². The van der Waals surface area contributed by atoms with Crippen molar-refractivity contribution in [1.82, 2.24) is 14.5 Å². The van der Waals surface area contributed by atoms with Gasteiger partial charge in [-0.05, 0) is 47.5 Å². The van der Waals surface area contributed by atoms with E-state index >= 15 is 0 Å². The molecule has 0 radical (unpaired) electrons. The third-order valence-corrected chi connectivity index (χ3v) is 4.55. The molecule has 3 heterocycles. The van der Waals surface area contributed by atoms with Gasteiger partial charge in [0, 0.05) is 24.0 Å². The van der Waals surface area contributed by atoms with Crippen LogP contribution in [-0.4, -0.2) is 27.6 Å². The van der Waals surface area contributed by atoms with Gasteiger partial charge in [-0.1, -0.05) is 6.07 Å². The molecule has 0 bridgehead atoms. The van der Waals surface area contributed by atoms with E-state index in [0.29, 0.717) is 16.8 Å². The first-order chi connectivity index (χ1) is 13.9. The molecule has 0 fully saturated rings. The average Bonchev–Trinajstić information content (AvgIpc) is 3.17. The molecule has 146 valence electrons. The first-order valence-corrected chi connectivity index (χ1v) is 8.56. The van der Waals surface area contributed by atoms with E-state index in [9.17, 15) is 18.0 Å². The van der Waals surface area contributed by atoms with Crippen LogP contribution in [0.15, 0.2) is 67.3 Å². The summed E-state index contributed by atoms with van der Waals surface area (Å²) in [5.41, 5.74) is 0.955. The van der Waals surface area contributed by atoms with Gasteiger partial charge in [-0.15, -0.1) is 0 Å². The number of alkyl halides is 3. The van der Waals surface area contributed by atoms with Crippen molar-refractivity contribution in [3.63, 3.8) is 0 Å². The lowest BCUT2D eigenvalue weighted by Gasteiger charge is -2.13. The molecule has 0 unspecified atom stereocenters. The first-order valence-electron chi connectivity index (χ1n) is 8.56. The van der Waals surface area contributed by atoms with Crippen LogP contribution in [0.3, 0.4) is 0 Å². The standard InChI is InChI=1S/C21H14F3N3O2/c1-29-20(28)17-11-13(4-5-18(17)21(22,23)24)15-6-9-26-19-16(15)7-10-27(19)14-3-2-8-25-12-14/h2-12H,1H3. The normalized spacial score (nSPS) is 11.6. The fraction of sp³-hybridized carbons (Fsp3) is 0.0952. The minimum atomic E-state index is -4.67. The molecule has 0 saturated carbocycles. The van der Waals surface area contributed by atoms with Gasteiger partial charge in [0.15, 0.2) is 0 Å². The summed E-state index contributed by atoms with van der Waals surface area (Å²) in [5.74, 6) is -1.04. The molecule has 0 amide bonds. The summed E-state index contributed by atoms with van der Waals surface area (Å²) in [5, 5.41) is 0.729. The topological polar surface area (TPSA) is 57.0 Å². The van der Waals surface area contributed by atoms with Crippen molar-refractivity contribution >= 4 is 17.0 Å². The number of esters is 1. The summed E-state index contributed by atoms with van der Waals surface area (Å²) >= 11 is 0. The largest absolute Gasteiger partial charge is 0.465 e. The fourth-order valence-electron chi connectivity index (χ4n) is 3.23. The van der Waals surface area contributed by atoms with Crippen LogP contribution in [0.2, 0.25) is 0 Å². The van der Waals surface area contributed by atoms with Crippen molar-refractivity contribution in [3.05, 3.63) is 78.4 Å². The van der Waals surface area contributed by atoms with Crippen LogP contribution in [-0.2, 0) is 10.9 Å². The summed E-state index contributed by atoms with van der Waals surface area (Å²) in [6.07, 6.45) is 2.05. The lowest BCUT2D eigenvalue weighted by Crippen LogP contribution is -2.14. The summed E-state index contributed by atoms with van der Waals surface area (Å²) < 4.78 is 46.3. The fourth-order valence-corrected chi connectivity index (χ4v) is 3.23. The van der Waals surface area contributed by atoms with Crippen LogP contribution in [0.25, 0.3) is 27.8 Å². The second-order valence-corrected chi connectivity index (χ2v) is 6.24. The van der Waals surface area contributed by atoms with Gasteiger partial charge in [0.25, 0.3) is 0 Å². The predicted octanol–water partition coefficient (Wildman–Crippen LogP) is 4.89. The molecule has 0 N–H and O–H groups in total. The molecular weight excluding hydrogens is 383 g/mol. The number of benzene rings is 1. The van der Waals surface area contributed by atoms with Crippen molar-refractivity contribution < 1.29 is 22.7 Å². The van der Waals surface area contributed by atoms with E-state index in [-0.39, 0.29) is 0 Å². The molecule has 29 heavy (non-hydrogen) atoms. The summed E-state index contributed by atoms with van der Waals surface area (Å²) in [6, 6.07) is 10.6. The van der Waals surface area contributed by atoms with Crippen molar-refractivity contribution in [2.24, 2.45) is 0 Å². The number of hydrogen-bond donors (Lipinski definition) is 0. The predicted molar refractivity (Wildman–Crippen MR) is 101 cm³/mol. The number of ether oxygens (including phenoxy) is 1. The highest BCUT2D eigenvalue weighted by Crippen LogP contribution is 2.36. The van der Waals surface area contributed by atoms with E-state index in [4.69, 9.17) is 0 Å². The molecule has 0 atom stereocenters. The number of nitrogens with zero attached hydrogens (tertiary/aromatic N) is 3. The van der Waals surface area contributed by atoms with Gasteiger partial charge in [-0.2, -0.15) is 13.2 Å². The SMILES string of the molecule is COC(=O)c1cc(-c2ccnc3c2ccn3-c2cccnc2)ccc1C(F)(F)F. The number of hydrogen-bond acceptors (Lipinski definition) is 4. The third-order valence-electron chi connectivity index (χ3n) is 4.55. The van der Waals surface area contributed by atoms with Gasteiger partial charge in [0.1, 0.15) is 5.65 Å². The monoisotopic (exact) mass is 397 g/mol. The Labute approximate surface area is 163 Å². The Bertz CT molecular complexity index is 1200. The Morgan fingerprint density at radius 2 is 1.93 bits per heavy atom. The molecule has 0 aliphatic heterocycles. The summed E-state index contributed by atoms with van der Waals surface area (Å²) in [7, 11) is 1.05.